The Balaban J connectivity index is 0.00000167. The van der Waals surface area contributed by atoms with Gasteiger partial charge >= 0.3 is 0 Å². The van der Waals surface area contributed by atoms with Crippen molar-refractivity contribution >= 4 is 40.4 Å². The minimum atomic E-state index is 0.0474. The number of ketones is 1. The van der Waals surface area contributed by atoms with Crippen LogP contribution < -0.4 is 4.89 Å². The van der Waals surface area contributed by atoms with Gasteiger partial charge in [-0.2, -0.15) is 4.89 Å². The molecule has 0 amide bonds. The summed E-state index contributed by atoms with van der Waals surface area (Å²) in [7, 11) is 1.36. The molecule has 0 aliphatic rings. The first kappa shape index (κ1) is 26.1. The number of fused-ring (bicyclic) bond motifs is 1. The van der Waals surface area contributed by atoms with E-state index in [1.54, 1.807) is 6.07 Å². The Morgan fingerprint density at radius 3 is 2.57 bits per heavy atom. The maximum atomic E-state index is 12.8. The lowest BCUT2D eigenvalue weighted by Gasteiger charge is -2.08. The molecule has 0 saturated carbocycles. The number of rotatable bonds is 9. The van der Waals surface area contributed by atoms with E-state index in [1.165, 1.54) is 7.11 Å². The zero-order valence-electron chi connectivity index (χ0n) is 20.0. The number of Topliss-reactive ketones (excluding diaryl/α,β-unsaturated/α-hetero) is 1. The monoisotopic (exact) mass is 489 g/mol. The predicted molar refractivity (Wildman–Crippen MR) is 141 cm³/mol. The average molecular weight is 490 g/mol. The molecule has 0 fully saturated rings. The first-order valence-electron chi connectivity index (χ1n) is 11.5. The summed E-state index contributed by atoms with van der Waals surface area (Å²) in [6.07, 6.45) is 4.73. The molecule has 3 aromatic carbocycles. The Kier molecular flexibility index (Phi) is 9.99. The molecule has 0 atom stereocenters. The first-order valence-corrected chi connectivity index (χ1v) is 11.8. The van der Waals surface area contributed by atoms with Crippen LogP contribution in [0.2, 0.25) is 5.02 Å². The van der Waals surface area contributed by atoms with Crippen molar-refractivity contribution in [2.75, 3.05) is 7.11 Å². The smallest absolute Gasteiger partial charge is 0.171 e. The highest BCUT2D eigenvalue weighted by molar-refractivity contribution is 6.31. The van der Waals surface area contributed by atoms with Crippen LogP contribution in [0.3, 0.4) is 0 Å². The van der Waals surface area contributed by atoms with Crippen LogP contribution in [0.15, 0.2) is 78.9 Å². The molecule has 5 nitrogen and oxygen atoms in total. The van der Waals surface area contributed by atoms with Gasteiger partial charge in [0, 0.05) is 22.4 Å². The first-order chi connectivity index (χ1) is 17.1. The Morgan fingerprint density at radius 1 is 0.943 bits per heavy atom. The summed E-state index contributed by atoms with van der Waals surface area (Å²) in [6.45, 7) is 4.00. The van der Waals surface area contributed by atoms with Gasteiger partial charge in [-0.25, -0.2) is 4.98 Å². The van der Waals surface area contributed by atoms with Crippen molar-refractivity contribution < 1.29 is 19.6 Å². The van der Waals surface area contributed by atoms with E-state index in [-0.39, 0.29) is 5.78 Å². The maximum absolute atomic E-state index is 12.8. The summed E-state index contributed by atoms with van der Waals surface area (Å²) < 4.78 is 0. The molecule has 0 saturated heterocycles. The summed E-state index contributed by atoms with van der Waals surface area (Å²) in [4.78, 5) is 27.0. The molecule has 6 heteroatoms. The highest BCUT2D eigenvalue weighted by atomic mass is 35.5. The number of aryl methyl sites for hydroxylation is 1. The van der Waals surface area contributed by atoms with Crippen molar-refractivity contribution in [3.63, 3.8) is 0 Å². The number of carbonyl (C=O) groups is 1. The van der Waals surface area contributed by atoms with Crippen molar-refractivity contribution in [1.82, 2.24) is 4.98 Å². The second kappa shape index (κ2) is 13.4. The lowest BCUT2D eigenvalue weighted by Crippen LogP contribution is -2.04. The molecule has 4 aromatic rings. The Morgan fingerprint density at radius 2 is 1.74 bits per heavy atom. The van der Waals surface area contributed by atoms with E-state index in [9.17, 15) is 4.79 Å². The zero-order valence-corrected chi connectivity index (χ0v) is 20.8. The fraction of sp³-hybridized carbons (Fsp3) is 0.172. The van der Waals surface area contributed by atoms with Gasteiger partial charge in [0.05, 0.1) is 18.3 Å². The number of para-hydroxylation sites is 1. The normalized spacial score (nSPS) is 10.7. The number of halogens is 1. The molecule has 1 aromatic heterocycles. The van der Waals surface area contributed by atoms with Crippen LogP contribution in [-0.4, -0.2) is 17.9 Å². The lowest BCUT2D eigenvalue weighted by molar-refractivity contribution is -0.453. The SMILES string of the molecule is CC.COOOc1ccccc1CCC(=O)c1cccc(/C=C/c2ccc3ccc(Cl)cc3n2)c1. The second-order valence-corrected chi connectivity index (χ2v) is 7.82. The highest BCUT2D eigenvalue weighted by Gasteiger charge is 2.10. The van der Waals surface area contributed by atoms with Gasteiger partial charge in [0.2, 0.25) is 0 Å². The highest BCUT2D eigenvalue weighted by Crippen LogP contribution is 2.22. The number of hydrogen-bond donors (Lipinski definition) is 0. The number of carbonyl (C=O) groups excluding carboxylic acids is 1. The van der Waals surface area contributed by atoms with Crippen LogP contribution in [0.25, 0.3) is 23.1 Å². The van der Waals surface area contributed by atoms with Crippen LogP contribution >= 0.6 is 11.6 Å². The van der Waals surface area contributed by atoms with E-state index < -0.39 is 0 Å². The molecule has 0 unspecified atom stereocenters. The molecule has 0 radical (unpaired) electrons. The maximum Gasteiger partial charge on any atom is 0.171 e. The van der Waals surface area contributed by atoms with Crippen molar-refractivity contribution in [1.29, 1.82) is 0 Å². The minimum absolute atomic E-state index is 0.0474. The van der Waals surface area contributed by atoms with E-state index in [4.69, 9.17) is 16.5 Å². The number of pyridine rings is 1. The van der Waals surface area contributed by atoms with Crippen molar-refractivity contribution in [2.24, 2.45) is 0 Å². The van der Waals surface area contributed by atoms with Gasteiger partial charge in [0.15, 0.2) is 11.5 Å². The fourth-order valence-electron chi connectivity index (χ4n) is 3.45. The van der Waals surface area contributed by atoms with E-state index in [2.05, 4.69) is 14.9 Å². The molecule has 1 heterocycles. The van der Waals surface area contributed by atoms with Crippen molar-refractivity contribution in [3.05, 3.63) is 106 Å². The third kappa shape index (κ3) is 7.49. The molecular weight excluding hydrogens is 462 g/mol. The van der Waals surface area contributed by atoms with Gasteiger partial charge < -0.3 is 4.89 Å². The minimum Gasteiger partial charge on any atom is -0.308 e. The topological polar surface area (TPSA) is 57.7 Å². The Bertz CT molecular complexity index is 1300. The number of aromatic nitrogens is 1. The molecule has 4 rings (SSSR count). The van der Waals surface area contributed by atoms with Gasteiger partial charge in [0.25, 0.3) is 0 Å². The number of benzene rings is 3. The van der Waals surface area contributed by atoms with E-state index in [1.807, 2.05) is 98.8 Å². The largest absolute Gasteiger partial charge is 0.308 e. The van der Waals surface area contributed by atoms with Crippen LogP contribution in [0.4, 0.5) is 0 Å². The van der Waals surface area contributed by atoms with E-state index in [0.29, 0.717) is 29.2 Å². The summed E-state index contributed by atoms with van der Waals surface area (Å²) in [6, 6.07) is 24.5. The molecule has 35 heavy (non-hydrogen) atoms. The van der Waals surface area contributed by atoms with Gasteiger partial charge in [-0.05, 0) is 59.0 Å². The van der Waals surface area contributed by atoms with Crippen LogP contribution in [-0.2, 0) is 16.3 Å². The third-order valence-electron chi connectivity index (χ3n) is 5.12. The van der Waals surface area contributed by atoms with Crippen molar-refractivity contribution in [2.45, 2.75) is 26.7 Å². The zero-order chi connectivity index (χ0) is 25.0. The summed E-state index contributed by atoms with van der Waals surface area (Å²) in [5.74, 6) is 0.569. The quantitative estimate of drug-likeness (QED) is 0.136. The number of nitrogens with zero attached hydrogens (tertiary/aromatic N) is 1. The lowest BCUT2D eigenvalue weighted by atomic mass is 10.0. The van der Waals surface area contributed by atoms with Gasteiger partial charge in [0.1, 0.15) is 0 Å². The van der Waals surface area contributed by atoms with E-state index >= 15 is 0 Å². The summed E-state index contributed by atoms with van der Waals surface area (Å²) >= 11 is 6.08. The average Bonchev–Trinajstić information content (AvgIpc) is 2.90. The summed E-state index contributed by atoms with van der Waals surface area (Å²) in [5, 5.41) is 6.24. The molecule has 180 valence electrons. The Labute approximate surface area is 210 Å². The summed E-state index contributed by atoms with van der Waals surface area (Å²) in [5.41, 5.74) is 4.10. The molecule has 0 bridgehead atoms. The molecule has 0 spiro atoms. The predicted octanol–water partition coefficient (Wildman–Crippen LogP) is 7.77. The van der Waals surface area contributed by atoms with Gasteiger partial charge in [-0.1, -0.05) is 80.1 Å². The van der Waals surface area contributed by atoms with E-state index in [0.717, 1.165) is 27.7 Å². The van der Waals surface area contributed by atoms with Crippen LogP contribution in [0, 0.1) is 0 Å². The Hall–Kier alpha value is -3.51. The second-order valence-electron chi connectivity index (χ2n) is 7.38. The standard InChI is InChI=1S/C27H22ClNO4.C2H6/c1-31-33-32-27-8-3-2-6-21(27)12-16-26(30)22-7-4-5-19(17-22)9-14-24-15-11-20-10-13-23(28)18-25(20)29-24;1-2/h2-11,13-15,17-18H,12,16H2,1H3;1-2H3/b14-9+;. The van der Waals surface area contributed by atoms with Crippen molar-refractivity contribution in [3.8, 4) is 5.75 Å². The van der Waals surface area contributed by atoms with Crippen LogP contribution in [0.1, 0.15) is 47.4 Å². The fourth-order valence-corrected chi connectivity index (χ4v) is 3.62. The molecule has 0 N–H and O–H groups in total. The van der Waals surface area contributed by atoms with Gasteiger partial charge in [-0.3, -0.25) is 4.79 Å². The molecular formula is C29H28ClNO4. The third-order valence-corrected chi connectivity index (χ3v) is 5.35. The van der Waals surface area contributed by atoms with Crippen LogP contribution in [0.5, 0.6) is 5.75 Å². The van der Waals surface area contributed by atoms with Gasteiger partial charge in [-0.15, -0.1) is 0 Å². The number of hydrogen-bond acceptors (Lipinski definition) is 5. The molecule has 0 aliphatic carbocycles. The molecule has 0 aliphatic heterocycles.